The summed E-state index contributed by atoms with van der Waals surface area (Å²) in [6, 6.07) is 10.1. The fourth-order valence-corrected chi connectivity index (χ4v) is 2.10. The number of aromatic nitrogens is 1. The van der Waals surface area contributed by atoms with Crippen LogP contribution >= 0.6 is 0 Å². The van der Waals surface area contributed by atoms with E-state index >= 15 is 0 Å². The molecule has 1 aromatic heterocycles. The molecule has 0 amide bonds. The molecule has 0 atom stereocenters. The second-order valence-corrected chi connectivity index (χ2v) is 4.84. The van der Waals surface area contributed by atoms with Gasteiger partial charge in [0.05, 0.1) is 19.3 Å². The molecule has 0 unspecified atom stereocenters. The number of benzene rings is 1. The first-order chi connectivity index (χ1) is 9.71. The Bertz CT molecular complexity index is 539. The minimum atomic E-state index is 0.725. The first-order valence-electron chi connectivity index (χ1n) is 6.62. The number of hydrogen-bond acceptors (Lipinski definition) is 5. The predicted molar refractivity (Wildman–Crippen MR) is 77.4 cm³/mol. The highest BCUT2D eigenvalue weighted by Crippen LogP contribution is 2.15. The van der Waals surface area contributed by atoms with Crippen molar-refractivity contribution < 1.29 is 9.26 Å². The van der Waals surface area contributed by atoms with Crippen molar-refractivity contribution in [2.45, 2.75) is 19.6 Å². The molecule has 20 heavy (non-hydrogen) atoms. The highest BCUT2D eigenvalue weighted by Gasteiger charge is 2.08. The fraction of sp³-hybridized carbons (Fsp3) is 0.400. The van der Waals surface area contributed by atoms with Crippen molar-refractivity contribution in [1.29, 1.82) is 0 Å². The average Bonchev–Trinajstić information content (AvgIpc) is 2.86. The van der Waals surface area contributed by atoms with E-state index in [1.54, 1.807) is 7.11 Å². The molecular formula is C15H21N3O2. The van der Waals surface area contributed by atoms with E-state index in [4.69, 9.17) is 9.26 Å². The van der Waals surface area contributed by atoms with E-state index in [0.717, 1.165) is 36.8 Å². The Morgan fingerprint density at radius 3 is 2.90 bits per heavy atom. The second kappa shape index (κ2) is 7.07. The molecule has 5 heteroatoms. The van der Waals surface area contributed by atoms with Crippen LogP contribution in [0.3, 0.4) is 0 Å². The van der Waals surface area contributed by atoms with Crippen molar-refractivity contribution in [3.05, 3.63) is 47.3 Å². The third-order valence-electron chi connectivity index (χ3n) is 2.98. The molecule has 0 spiro atoms. The number of ether oxygens (including phenoxy) is 1. The maximum atomic E-state index is 5.31. The van der Waals surface area contributed by atoms with Crippen LogP contribution in [-0.2, 0) is 19.6 Å². The molecule has 0 saturated carbocycles. The Kier molecular flexibility index (Phi) is 5.15. The number of nitrogens with one attached hydrogen (secondary N) is 1. The predicted octanol–water partition coefficient (Wildman–Crippen LogP) is 2.03. The van der Waals surface area contributed by atoms with Gasteiger partial charge in [0.15, 0.2) is 5.76 Å². The average molecular weight is 275 g/mol. The maximum Gasteiger partial charge on any atom is 0.151 e. The van der Waals surface area contributed by atoms with E-state index in [1.807, 2.05) is 31.3 Å². The summed E-state index contributed by atoms with van der Waals surface area (Å²) in [7, 11) is 5.63. The normalized spacial score (nSPS) is 11.0. The SMILES string of the molecule is CNCc1cc(CN(C)Cc2cccc(OC)c2)on1. The first kappa shape index (κ1) is 14.6. The van der Waals surface area contributed by atoms with Crippen molar-refractivity contribution >= 4 is 0 Å². The van der Waals surface area contributed by atoms with E-state index in [2.05, 4.69) is 28.5 Å². The van der Waals surface area contributed by atoms with Gasteiger partial charge in [0.2, 0.25) is 0 Å². The lowest BCUT2D eigenvalue weighted by molar-refractivity contribution is 0.265. The molecule has 2 aromatic rings. The number of nitrogens with zero attached hydrogens (tertiary/aromatic N) is 2. The van der Waals surface area contributed by atoms with Gasteiger partial charge in [0, 0.05) is 19.2 Å². The van der Waals surface area contributed by atoms with Crippen LogP contribution in [0, 0.1) is 0 Å². The molecule has 0 fully saturated rings. The molecule has 1 aromatic carbocycles. The molecular weight excluding hydrogens is 254 g/mol. The van der Waals surface area contributed by atoms with Gasteiger partial charge in [-0.2, -0.15) is 0 Å². The topological polar surface area (TPSA) is 50.5 Å². The van der Waals surface area contributed by atoms with Crippen LogP contribution in [0.5, 0.6) is 5.75 Å². The van der Waals surface area contributed by atoms with Gasteiger partial charge in [-0.05, 0) is 31.8 Å². The molecule has 0 bridgehead atoms. The third-order valence-corrected chi connectivity index (χ3v) is 2.98. The summed E-state index contributed by atoms with van der Waals surface area (Å²) in [5, 5.41) is 7.06. The zero-order chi connectivity index (χ0) is 14.4. The Morgan fingerprint density at radius 1 is 1.30 bits per heavy atom. The lowest BCUT2D eigenvalue weighted by atomic mass is 10.2. The minimum Gasteiger partial charge on any atom is -0.497 e. The molecule has 1 N–H and O–H groups in total. The van der Waals surface area contributed by atoms with Gasteiger partial charge in [-0.1, -0.05) is 17.3 Å². The van der Waals surface area contributed by atoms with Crippen molar-refractivity contribution in [2.24, 2.45) is 0 Å². The van der Waals surface area contributed by atoms with Gasteiger partial charge >= 0.3 is 0 Å². The molecule has 0 saturated heterocycles. The summed E-state index contributed by atoms with van der Waals surface area (Å²) in [6.07, 6.45) is 0. The lowest BCUT2D eigenvalue weighted by Gasteiger charge is -2.15. The van der Waals surface area contributed by atoms with E-state index in [9.17, 15) is 0 Å². The van der Waals surface area contributed by atoms with Crippen molar-refractivity contribution in [3.63, 3.8) is 0 Å². The Balaban J connectivity index is 1.92. The maximum absolute atomic E-state index is 5.31. The Morgan fingerprint density at radius 2 is 2.15 bits per heavy atom. The molecule has 108 valence electrons. The summed E-state index contributed by atoms with van der Waals surface area (Å²) in [5.41, 5.74) is 2.14. The van der Waals surface area contributed by atoms with Crippen molar-refractivity contribution in [2.75, 3.05) is 21.2 Å². The van der Waals surface area contributed by atoms with E-state index in [0.29, 0.717) is 0 Å². The Labute approximate surface area is 119 Å². The zero-order valence-corrected chi connectivity index (χ0v) is 12.2. The van der Waals surface area contributed by atoms with Gasteiger partial charge in [-0.3, -0.25) is 4.90 Å². The monoisotopic (exact) mass is 275 g/mol. The van der Waals surface area contributed by atoms with E-state index < -0.39 is 0 Å². The molecule has 0 aliphatic carbocycles. The van der Waals surface area contributed by atoms with Gasteiger partial charge in [-0.25, -0.2) is 0 Å². The summed E-state index contributed by atoms with van der Waals surface area (Å²) in [5.74, 6) is 1.76. The quantitative estimate of drug-likeness (QED) is 0.838. The van der Waals surface area contributed by atoms with Crippen LogP contribution < -0.4 is 10.1 Å². The van der Waals surface area contributed by atoms with E-state index in [-0.39, 0.29) is 0 Å². The van der Waals surface area contributed by atoms with Crippen molar-refractivity contribution in [3.8, 4) is 5.75 Å². The summed E-state index contributed by atoms with van der Waals surface area (Å²) in [6.45, 7) is 2.29. The van der Waals surface area contributed by atoms with Gasteiger partial charge in [0.25, 0.3) is 0 Å². The fourth-order valence-electron chi connectivity index (χ4n) is 2.10. The molecule has 5 nitrogen and oxygen atoms in total. The summed E-state index contributed by atoms with van der Waals surface area (Å²) in [4.78, 5) is 2.18. The summed E-state index contributed by atoms with van der Waals surface area (Å²) >= 11 is 0. The second-order valence-electron chi connectivity index (χ2n) is 4.84. The van der Waals surface area contributed by atoms with E-state index in [1.165, 1.54) is 5.56 Å². The van der Waals surface area contributed by atoms with Gasteiger partial charge in [0.1, 0.15) is 5.75 Å². The van der Waals surface area contributed by atoms with Gasteiger partial charge in [-0.15, -0.1) is 0 Å². The Hall–Kier alpha value is -1.85. The minimum absolute atomic E-state index is 0.725. The van der Waals surface area contributed by atoms with Crippen LogP contribution in [0.4, 0.5) is 0 Å². The van der Waals surface area contributed by atoms with Crippen LogP contribution in [0.2, 0.25) is 0 Å². The molecule has 2 rings (SSSR count). The summed E-state index contributed by atoms with van der Waals surface area (Å²) < 4.78 is 10.5. The largest absolute Gasteiger partial charge is 0.497 e. The number of rotatable bonds is 7. The smallest absolute Gasteiger partial charge is 0.151 e. The molecule has 0 aliphatic heterocycles. The number of methoxy groups -OCH3 is 1. The van der Waals surface area contributed by atoms with Crippen LogP contribution in [-0.4, -0.2) is 31.3 Å². The lowest BCUT2D eigenvalue weighted by Crippen LogP contribution is -2.16. The van der Waals surface area contributed by atoms with Crippen LogP contribution in [0.1, 0.15) is 17.0 Å². The van der Waals surface area contributed by atoms with Gasteiger partial charge < -0.3 is 14.6 Å². The highest BCUT2D eigenvalue weighted by molar-refractivity contribution is 5.28. The van der Waals surface area contributed by atoms with Crippen LogP contribution in [0.25, 0.3) is 0 Å². The number of hydrogen-bond donors (Lipinski definition) is 1. The highest BCUT2D eigenvalue weighted by atomic mass is 16.5. The molecule has 1 heterocycles. The standard InChI is InChI=1S/C15H21N3O2/c1-16-9-13-8-15(20-17-13)11-18(2)10-12-5-4-6-14(7-12)19-3/h4-8,16H,9-11H2,1-3H3. The van der Waals surface area contributed by atoms with Crippen LogP contribution in [0.15, 0.2) is 34.9 Å². The first-order valence-corrected chi connectivity index (χ1v) is 6.62. The van der Waals surface area contributed by atoms with Crippen molar-refractivity contribution in [1.82, 2.24) is 15.4 Å². The third kappa shape index (κ3) is 4.08. The molecule has 0 radical (unpaired) electrons. The molecule has 0 aliphatic rings. The zero-order valence-electron chi connectivity index (χ0n) is 12.2.